The SMILES string of the molecule is N#Cc1cc(N2CC[C@H](O)C2)ccc1N. The first-order chi connectivity index (χ1) is 7.20. The number of aliphatic hydroxyl groups is 1. The summed E-state index contributed by atoms with van der Waals surface area (Å²) in [5.41, 5.74) is 7.59. The zero-order valence-electron chi connectivity index (χ0n) is 8.35. The second-order valence-corrected chi connectivity index (χ2v) is 3.77. The van der Waals surface area contributed by atoms with Gasteiger partial charge in [-0.25, -0.2) is 0 Å². The number of benzene rings is 1. The summed E-state index contributed by atoms with van der Waals surface area (Å²) >= 11 is 0. The molecule has 1 aromatic rings. The first-order valence-corrected chi connectivity index (χ1v) is 4.93. The molecule has 0 amide bonds. The van der Waals surface area contributed by atoms with Crippen molar-refractivity contribution >= 4 is 11.4 Å². The lowest BCUT2D eigenvalue weighted by Gasteiger charge is -2.18. The number of nitriles is 1. The van der Waals surface area contributed by atoms with Crippen LogP contribution < -0.4 is 10.6 Å². The van der Waals surface area contributed by atoms with Gasteiger partial charge in [0.15, 0.2) is 0 Å². The molecule has 0 aliphatic carbocycles. The molecule has 1 saturated heterocycles. The second-order valence-electron chi connectivity index (χ2n) is 3.77. The molecule has 1 aromatic carbocycles. The molecule has 0 spiro atoms. The van der Waals surface area contributed by atoms with Crippen LogP contribution in [0.1, 0.15) is 12.0 Å². The number of nitrogen functional groups attached to an aromatic ring is 1. The van der Waals surface area contributed by atoms with Crippen molar-refractivity contribution in [2.45, 2.75) is 12.5 Å². The van der Waals surface area contributed by atoms with Gasteiger partial charge in [0.1, 0.15) is 6.07 Å². The van der Waals surface area contributed by atoms with Crippen LogP contribution in [0.5, 0.6) is 0 Å². The minimum atomic E-state index is -0.256. The average molecular weight is 203 g/mol. The predicted molar refractivity (Wildman–Crippen MR) is 58.4 cm³/mol. The van der Waals surface area contributed by atoms with E-state index in [0.29, 0.717) is 17.8 Å². The van der Waals surface area contributed by atoms with E-state index in [1.165, 1.54) is 0 Å². The first-order valence-electron chi connectivity index (χ1n) is 4.93. The molecule has 1 fully saturated rings. The van der Waals surface area contributed by atoms with Crippen LogP contribution in [0.2, 0.25) is 0 Å². The van der Waals surface area contributed by atoms with E-state index in [0.717, 1.165) is 18.7 Å². The topological polar surface area (TPSA) is 73.3 Å². The number of aliphatic hydroxyl groups excluding tert-OH is 1. The Morgan fingerprint density at radius 2 is 2.33 bits per heavy atom. The maximum atomic E-state index is 9.41. The number of hydrogen-bond acceptors (Lipinski definition) is 4. The molecule has 15 heavy (non-hydrogen) atoms. The van der Waals surface area contributed by atoms with E-state index in [1.54, 1.807) is 12.1 Å². The third-order valence-corrected chi connectivity index (χ3v) is 2.69. The van der Waals surface area contributed by atoms with Crippen molar-refractivity contribution in [1.29, 1.82) is 5.26 Å². The normalized spacial score (nSPS) is 20.3. The lowest BCUT2D eigenvalue weighted by atomic mass is 10.1. The summed E-state index contributed by atoms with van der Waals surface area (Å²) in [6.45, 7) is 1.46. The van der Waals surface area contributed by atoms with E-state index >= 15 is 0 Å². The monoisotopic (exact) mass is 203 g/mol. The molecule has 78 valence electrons. The molecule has 1 aliphatic heterocycles. The van der Waals surface area contributed by atoms with Crippen molar-refractivity contribution in [3.05, 3.63) is 23.8 Å². The maximum Gasteiger partial charge on any atom is 0.101 e. The Kier molecular flexibility index (Phi) is 2.48. The molecule has 1 atom stereocenters. The Morgan fingerprint density at radius 3 is 2.93 bits per heavy atom. The third kappa shape index (κ3) is 1.88. The molecule has 0 unspecified atom stereocenters. The fourth-order valence-electron chi connectivity index (χ4n) is 1.81. The Labute approximate surface area is 88.5 Å². The van der Waals surface area contributed by atoms with Gasteiger partial charge in [-0.05, 0) is 24.6 Å². The number of rotatable bonds is 1. The summed E-state index contributed by atoms with van der Waals surface area (Å²) in [7, 11) is 0. The van der Waals surface area contributed by atoms with Crippen molar-refractivity contribution in [2.75, 3.05) is 23.7 Å². The molecule has 0 radical (unpaired) electrons. The van der Waals surface area contributed by atoms with E-state index in [1.807, 2.05) is 6.07 Å². The fraction of sp³-hybridized carbons (Fsp3) is 0.364. The van der Waals surface area contributed by atoms with Crippen LogP contribution in [0.3, 0.4) is 0 Å². The van der Waals surface area contributed by atoms with Gasteiger partial charge in [-0.3, -0.25) is 0 Å². The first kappa shape index (κ1) is 9.81. The van der Waals surface area contributed by atoms with Crippen LogP contribution in [-0.2, 0) is 0 Å². The molecule has 0 aromatic heterocycles. The van der Waals surface area contributed by atoms with Gasteiger partial charge in [-0.2, -0.15) is 5.26 Å². The molecule has 4 nitrogen and oxygen atoms in total. The molecule has 4 heteroatoms. The number of hydrogen-bond donors (Lipinski definition) is 2. The lowest BCUT2D eigenvalue weighted by Crippen LogP contribution is -2.21. The van der Waals surface area contributed by atoms with Crippen LogP contribution in [-0.4, -0.2) is 24.3 Å². The van der Waals surface area contributed by atoms with E-state index < -0.39 is 0 Å². The maximum absolute atomic E-state index is 9.41. The van der Waals surface area contributed by atoms with Crippen molar-refractivity contribution in [1.82, 2.24) is 0 Å². The van der Waals surface area contributed by atoms with Gasteiger partial charge in [0.05, 0.1) is 11.7 Å². The van der Waals surface area contributed by atoms with Gasteiger partial charge < -0.3 is 15.7 Å². The summed E-state index contributed by atoms with van der Waals surface area (Å²) in [6, 6.07) is 7.45. The number of anilines is 2. The van der Waals surface area contributed by atoms with Gasteiger partial charge in [0, 0.05) is 24.5 Å². The highest BCUT2D eigenvalue weighted by atomic mass is 16.3. The van der Waals surface area contributed by atoms with E-state index in [9.17, 15) is 5.11 Å². The largest absolute Gasteiger partial charge is 0.398 e. The fourth-order valence-corrected chi connectivity index (χ4v) is 1.81. The molecular formula is C11H13N3O. The number of β-amino-alcohol motifs (C(OH)–C–C–N with tert-alkyl or cyclic N) is 1. The van der Waals surface area contributed by atoms with Gasteiger partial charge in [0.25, 0.3) is 0 Å². The molecule has 1 heterocycles. The highest BCUT2D eigenvalue weighted by Gasteiger charge is 2.20. The Hall–Kier alpha value is -1.73. The number of nitrogens with zero attached hydrogens (tertiary/aromatic N) is 2. The van der Waals surface area contributed by atoms with Gasteiger partial charge in [-0.15, -0.1) is 0 Å². The summed E-state index contributed by atoms with van der Waals surface area (Å²) in [6.07, 6.45) is 0.528. The third-order valence-electron chi connectivity index (χ3n) is 2.69. The molecule has 1 aliphatic rings. The second kappa shape index (κ2) is 3.79. The van der Waals surface area contributed by atoms with Crippen LogP contribution in [0.25, 0.3) is 0 Å². The quantitative estimate of drug-likeness (QED) is 0.659. The van der Waals surface area contributed by atoms with Gasteiger partial charge >= 0.3 is 0 Å². The Morgan fingerprint density at radius 1 is 1.53 bits per heavy atom. The minimum Gasteiger partial charge on any atom is -0.398 e. The molecule has 2 rings (SSSR count). The van der Waals surface area contributed by atoms with Crippen LogP contribution in [0, 0.1) is 11.3 Å². The van der Waals surface area contributed by atoms with Crippen LogP contribution in [0.4, 0.5) is 11.4 Å². The Balaban J connectivity index is 2.26. The van der Waals surface area contributed by atoms with E-state index in [4.69, 9.17) is 11.0 Å². The highest BCUT2D eigenvalue weighted by Crippen LogP contribution is 2.24. The average Bonchev–Trinajstić information content (AvgIpc) is 2.66. The predicted octanol–water partition coefficient (Wildman–Crippen LogP) is 0.711. The van der Waals surface area contributed by atoms with Gasteiger partial charge in [0.2, 0.25) is 0 Å². The summed E-state index contributed by atoms with van der Waals surface area (Å²) in [5.74, 6) is 0. The van der Waals surface area contributed by atoms with Crippen molar-refractivity contribution in [2.24, 2.45) is 0 Å². The molecule has 0 saturated carbocycles. The summed E-state index contributed by atoms with van der Waals surface area (Å²) < 4.78 is 0. The number of nitrogens with two attached hydrogens (primary N) is 1. The van der Waals surface area contributed by atoms with Crippen molar-refractivity contribution in [3.63, 3.8) is 0 Å². The summed E-state index contributed by atoms with van der Waals surface area (Å²) in [4.78, 5) is 2.06. The Bertz CT molecular complexity index is 411. The van der Waals surface area contributed by atoms with E-state index in [2.05, 4.69) is 11.0 Å². The zero-order valence-corrected chi connectivity index (χ0v) is 8.35. The van der Waals surface area contributed by atoms with Crippen LogP contribution >= 0.6 is 0 Å². The van der Waals surface area contributed by atoms with E-state index in [-0.39, 0.29) is 6.10 Å². The lowest BCUT2D eigenvalue weighted by molar-refractivity contribution is 0.198. The molecular weight excluding hydrogens is 190 g/mol. The zero-order chi connectivity index (χ0) is 10.8. The standard InChI is InChI=1S/C11H13N3O/c12-6-8-5-9(1-2-11(8)13)14-4-3-10(15)7-14/h1-2,5,10,15H,3-4,7,13H2/t10-/m0/s1. The smallest absolute Gasteiger partial charge is 0.101 e. The molecule has 0 bridgehead atoms. The summed E-state index contributed by atoms with van der Waals surface area (Å²) in [5, 5.41) is 18.3. The highest BCUT2D eigenvalue weighted by molar-refractivity contribution is 5.63. The minimum absolute atomic E-state index is 0.256. The van der Waals surface area contributed by atoms with Crippen molar-refractivity contribution < 1.29 is 5.11 Å². The van der Waals surface area contributed by atoms with Crippen molar-refractivity contribution in [3.8, 4) is 6.07 Å². The van der Waals surface area contributed by atoms with Crippen LogP contribution in [0.15, 0.2) is 18.2 Å². The van der Waals surface area contributed by atoms with Gasteiger partial charge in [-0.1, -0.05) is 0 Å². The molecule has 3 N–H and O–H groups in total.